The van der Waals surface area contributed by atoms with Crippen molar-refractivity contribution < 1.29 is 0 Å². The molecule has 0 aliphatic carbocycles. The Morgan fingerprint density at radius 3 is 2.45 bits per heavy atom. The zero-order valence-electron chi connectivity index (χ0n) is 14.9. The van der Waals surface area contributed by atoms with Gasteiger partial charge in [-0.2, -0.15) is 5.10 Å². The van der Waals surface area contributed by atoms with Crippen molar-refractivity contribution in [1.29, 1.82) is 0 Å². The quantitative estimate of drug-likeness (QED) is 0.418. The van der Waals surface area contributed by atoms with E-state index in [0.717, 1.165) is 31.9 Å². The topological polar surface area (TPSA) is 45.4 Å². The van der Waals surface area contributed by atoms with Crippen LogP contribution in [0.4, 0.5) is 0 Å². The van der Waals surface area contributed by atoms with E-state index in [1.807, 2.05) is 18.8 Å². The van der Waals surface area contributed by atoms with Crippen LogP contribution in [0.15, 0.2) is 4.99 Å². The van der Waals surface area contributed by atoms with Gasteiger partial charge < -0.3 is 10.2 Å². The minimum Gasteiger partial charge on any atom is -0.352 e. The van der Waals surface area contributed by atoms with Crippen LogP contribution in [0.3, 0.4) is 0 Å². The third-order valence-corrected chi connectivity index (χ3v) is 3.87. The molecule has 22 heavy (non-hydrogen) atoms. The molecule has 0 aliphatic rings. The molecule has 0 saturated carbocycles. The number of nitrogens with one attached hydrogen (secondary N) is 1. The third kappa shape index (κ3) is 5.44. The van der Waals surface area contributed by atoms with Crippen molar-refractivity contribution in [2.24, 2.45) is 12.0 Å². The number of nitrogens with zero attached hydrogens (tertiary/aromatic N) is 4. The molecular formula is C16H32IN5. The van der Waals surface area contributed by atoms with E-state index in [9.17, 15) is 0 Å². The van der Waals surface area contributed by atoms with Gasteiger partial charge >= 0.3 is 0 Å². The Hall–Kier alpha value is -0.790. The minimum atomic E-state index is 0. The molecule has 0 fully saturated rings. The van der Waals surface area contributed by atoms with Gasteiger partial charge in [0.15, 0.2) is 5.96 Å². The summed E-state index contributed by atoms with van der Waals surface area (Å²) in [4.78, 5) is 6.57. The monoisotopic (exact) mass is 421 g/mol. The second-order valence-electron chi connectivity index (χ2n) is 5.38. The lowest BCUT2D eigenvalue weighted by atomic mass is 10.1. The second kappa shape index (κ2) is 10.9. The normalized spacial score (nSPS) is 11.3. The summed E-state index contributed by atoms with van der Waals surface area (Å²) >= 11 is 0. The van der Waals surface area contributed by atoms with Gasteiger partial charge in [-0.3, -0.25) is 9.67 Å². The van der Waals surface area contributed by atoms with E-state index in [4.69, 9.17) is 0 Å². The molecular weight excluding hydrogens is 389 g/mol. The molecule has 0 atom stereocenters. The van der Waals surface area contributed by atoms with Gasteiger partial charge in [0.2, 0.25) is 0 Å². The molecule has 1 heterocycles. The molecule has 0 aromatic carbocycles. The summed E-state index contributed by atoms with van der Waals surface area (Å²) in [5.74, 6) is 0.955. The first-order valence-corrected chi connectivity index (χ1v) is 8.04. The van der Waals surface area contributed by atoms with Crippen LogP contribution in [0.2, 0.25) is 0 Å². The first-order valence-electron chi connectivity index (χ1n) is 8.04. The van der Waals surface area contributed by atoms with Crippen LogP contribution in [-0.2, 0) is 26.4 Å². The molecule has 0 bridgehead atoms. The Kier molecular flexibility index (Phi) is 10.5. The Morgan fingerprint density at radius 2 is 1.95 bits per heavy atom. The fourth-order valence-electron chi connectivity index (χ4n) is 2.65. The van der Waals surface area contributed by atoms with Gasteiger partial charge in [0, 0.05) is 45.5 Å². The molecule has 0 saturated heterocycles. The van der Waals surface area contributed by atoms with Gasteiger partial charge in [-0.25, -0.2) is 0 Å². The first-order chi connectivity index (χ1) is 10.1. The molecule has 6 heteroatoms. The van der Waals surface area contributed by atoms with Crippen LogP contribution in [0.25, 0.3) is 0 Å². The maximum absolute atomic E-state index is 4.62. The van der Waals surface area contributed by atoms with E-state index in [1.165, 1.54) is 29.8 Å². The van der Waals surface area contributed by atoms with E-state index in [0.29, 0.717) is 0 Å². The zero-order valence-corrected chi connectivity index (χ0v) is 17.3. The average Bonchev–Trinajstić information content (AvgIpc) is 2.80. The average molecular weight is 421 g/mol. The van der Waals surface area contributed by atoms with E-state index >= 15 is 0 Å². The van der Waals surface area contributed by atoms with Gasteiger partial charge in [-0.15, -0.1) is 24.0 Å². The van der Waals surface area contributed by atoms with Crippen LogP contribution in [0, 0.1) is 0 Å². The predicted octanol–water partition coefficient (Wildman–Crippen LogP) is 2.97. The lowest BCUT2D eigenvalue weighted by Crippen LogP contribution is -2.39. The van der Waals surface area contributed by atoms with Gasteiger partial charge in [0.05, 0.1) is 5.69 Å². The fourth-order valence-corrected chi connectivity index (χ4v) is 2.65. The Balaban J connectivity index is 0.00000441. The number of halogens is 1. The number of unbranched alkanes of at least 4 members (excludes halogenated alkanes) is 1. The van der Waals surface area contributed by atoms with E-state index in [1.54, 1.807) is 0 Å². The highest BCUT2D eigenvalue weighted by Gasteiger charge is 2.14. The number of rotatable bonds is 7. The number of hydrogen-bond acceptors (Lipinski definition) is 2. The van der Waals surface area contributed by atoms with Crippen molar-refractivity contribution in [3.05, 3.63) is 17.0 Å². The first kappa shape index (κ1) is 21.2. The van der Waals surface area contributed by atoms with Crippen LogP contribution in [-0.4, -0.2) is 41.3 Å². The summed E-state index contributed by atoms with van der Waals surface area (Å²) in [6.07, 6.45) is 4.36. The van der Waals surface area contributed by atoms with Crippen molar-refractivity contribution in [1.82, 2.24) is 20.0 Å². The van der Waals surface area contributed by atoms with Crippen molar-refractivity contribution in [2.45, 2.75) is 53.0 Å². The number of aryl methyl sites for hydroxylation is 2. The largest absolute Gasteiger partial charge is 0.352 e. The standard InChI is InChI=1S/C16H31N5.HI/c1-7-10-11-20(5)16(17-4)18-12-13-14(8-2)19-21(6)15(13)9-3;/h7-12H2,1-6H3,(H,17,18);1H. The SMILES string of the molecule is CCCCN(C)C(=NC)NCc1c(CC)nn(C)c1CC.I. The Labute approximate surface area is 152 Å². The maximum Gasteiger partial charge on any atom is 0.193 e. The van der Waals surface area contributed by atoms with Crippen molar-refractivity contribution >= 4 is 29.9 Å². The molecule has 5 nitrogen and oxygen atoms in total. The molecule has 0 unspecified atom stereocenters. The Morgan fingerprint density at radius 1 is 1.27 bits per heavy atom. The van der Waals surface area contributed by atoms with E-state index in [2.05, 4.69) is 48.1 Å². The summed E-state index contributed by atoms with van der Waals surface area (Å²) in [6.45, 7) is 8.38. The van der Waals surface area contributed by atoms with Gasteiger partial charge in [-0.1, -0.05) is 27.2 Å². The van der Waals surface area contributed by atoms with Crippen molar-refractivity contribution in [2.75, 3.05) is 20.6 Å². The fraction of sp³-hybridized carbons (Fsp3) is 0.750. The third-order valence-electron chi connectivity index (χ3n) is 3.87. The predicted molar refractivity (Wildman–Crippen MR) is 105 cm³/mol. The second-order valence-corrected chi connectivity index (χ2v) is 5.38. The molecule has 0 amide bonds. The molecule has 0 radical (unpaired) electrons. The highest BCUT2D eigenvalue weighted by Crippen LogP contribution is 2.15. The number of aliphatic imine (C=N–C) groups is 1. The summed E-state index contributed by atoms with van der Waals surface area (Å²) < 4.78 is 2.01. The lowest BCUT2D eigenvalue weighted by molar-refractivity contribution is 0.464. The molecule has 1 N–H and O–H groups in total. The van der Waals surface area contributed by atoms with Gasteiger partial charge in [-0.05, 0) is 19.3 Å². The van der Waals surface area contributed by atoms with Crippen LogP contribution >= 0.6 is 24.0 Å². The van der Waals surface area contributed by atoms with Crippen molar-refractivity contribution in [3.8, 4) is 0 Å². The molecule has 0 spiro atoms. The maximum atomic E-state index is 4.62. The van der Waals surface area contributed by atoms with Crippen LogP contribution in [0.5, 0.6) is 0 Å². The van der Waals surface area contributed by atoms with Crippen molar-refractivity contribution in [3.63, 3.8) is 0 Å². The lowest BCUT2D eigenvalue weighted by Gasteiger charge is -2.22. The number of guanidine groups is 1. The molecule has 1 aromatic rings. The Bertz CT molecular complexity index is 467. The molecule has 1 rings (SSSR count). The molecule has 128 valence electrons. The van der Waals surface area contributed by atoms with E-state index < -0.39 is 0 Å². The minimum absolute atomic E-state index is 0. The summed E-state index contributed by atoms with van der Waals surface area (Å²) in [6, 6.07) is 0. The number of aromatic nitrogens is 2. The van der Waals surface area contributed by atoms with E-state index in [-0.39, 0.29) is 24.0 Å². The van der Waals surface area contributed by atoms with Gasteiger partial charge in [0.1, 0.15) is 0 Å². The zero-order chi connectivity index (χ0) is 15.8. The van der Waals surface area contributed by atoms with Crippen LogP contribution < -0.4 is 5.32 Å². The summed E-state index contributed by atoms with van der Waals surface area (Å²) in [5, 5.41) is 8.10. The molecule has 1 aromatic heterocycles. The molecule has 0 aliphatic heterocycles. The summed E-state index contributed by atoms with van der Waals surface area (Å²) in [7, 11) is 5.97. The number of hydrogen-bond donors (Lipinski definition) is 1. The highest BCUT2D eigenvalue weighted by molar-refractivity contribution is 14.0. The highest BCUT2D eigenvalue weighted by atomic mass is 127. The van der Waals surface area contributed by atoms with Crippen LogP contribution in [0.1, 0.15) is 50.6 Å². The smallest absolute Gasteiger partial charge is 0.193 e. The van der Waals surface area contributed by atoms with Gasteiger partial charge in [0.25, 0.3) is 0 Å². The summed E-state index contributed by atoms with van der Waals surface area (Å²) in [5.41, 5.74) is 3.83.